The highest BCUT2D eigenvalue weighted by molar-refractivity contribution is 14.1. The molecule has 16 heavy (non-hydrogen) atoms. The van der Waals surface area contributed by atoms with Crippen LogP contribution in [-0.2, 0) is 9.22 Å². The summed E-state index contributed by atoms with van der Waals surface area (Å²) in [4.78, 5) is 10.7. The van der Waals surface area contributed by atoms with Crippen molar-refractivity contribution in [2.75, 3.05) is 0 Å². The van der Waals surface area contributed by atoms with E-state index in [-0.39, 0.29) is 17.6 Å². The summed E-state index contributed by atoms with van der Waals surface area (Å²) in [6.45, 7) is 10.7. The van der Waals surface area contributed by atoms with Crippen molar-refractivity contribution in [1.82, 2.24) is 0 Å². The SMILES string of the molecule is CC(C)(C)[Si](C)(C)O[C@H](/C=C\I)CC(=O)O. The molecule has 0 heterocycles. The quantitative estimate of drug-likeness (QED) is 0.602. The lowest BCUT2D eigenvalue weighted by atomic mass is 10.2. The predicted octanol–water partition coefficient (Wildman–Crippen LogP) is 3.80. The molecule has 0 radical (unpaired) electrons. The van der Waals surface area contributed by atoms with Gasteiger partial charge in [0.25, 0.3) is 0 Å². The fourth-order valence-corrected chi connectivity index (χ4v) is 2.69. The molecule has 5 heteroatoms. The van der Waals surface area contributed by atoms with Crippen molar-refractivity contribution in [3.63, 3.8) is 0 Å². The minimum atomic E-state index is -1.89. The van der Waals surface area contributed by atoms with E-state index in [1.54, 1.807) is 0 Å². The number of rotatable bonds is 5. The number of carboxylic acid groups (broad SMARTS) is 1. The van der Waals surface area contributed by atoms with Crippen molar-refractivity contribution >= 4 is 36.9 Å². The van der Waals surface area contributed by atoms with Crippen LogP contribution in [0, 0.1) is 0 Å². The van der Waals surface area contributed by atoms with Gasteiger partial charge in [-0.15, -0.1) is 0 Å². The summed E-state index contributed by atoms with van der Waals surface area (Å²) in [6, 6.07) is 0. The summed E-state index contributed by atoms with van der Waals surface area (Å²) in [6.07, 6.45) is 1.54. The Morgan fingerprint density at radius 3 is 2.31 bits per heavy atom. The fraction of sp³-hybridized carbons (Fsp3) is 0.727. The van der Waals surface area contributed by atoms with Crippen LogP contribution in [0.1, 0.15) is 27.2 Å². The smallest absolute Gasteiger partial charge is 0.306 e. The van der Waals surface area contributed by atoms with Crippen molar-refractivity contribution in [1.29, 1.82) is 0 Å². The maximum atomic E-state index is 10.7. The second-order valence-corrected chi connectivity index (χ2v) is 10.8. The van der Waals surface area contributed by atoms with Crippen LogP contribution in [0.3, 0.4) is 0 Å². The average Bonchev–Trinajstić information content (AvgIpc) is 1.99. The number of carboxylic acids is 1. The van der Waals surface area contributed by atoms with E-state index in [1.807, 2.05) is 10.2 Å². The normalized spacial score (nSPS) is 15.4. The van der Waals surface area contributed by atoms with Crippen molar-refractivity contribution < 1.29 is 14.3 Å². The maximum absolute atomic E-state index is 10.7. The molecule has 3 nitrogen and oxygen atoms in total. The van der Waals surface area contributed by atoms with Gasteiger partial charge in [-0.05, 0) is 22.2 Å². The number of carbonyl (C=O) groups is 1. The van der Waals surface area contributed by atoms with Gasteiger partial charge in [-0.1, -0.05) is 49.4 Å². The monoisotopic (exact) mass is 356 g/mol. The highest BCUT2D eigenvalue weighted by Crippen LogP contribution is 2.37. The molecule has 0 fully saturated rings. The van der Waals surface area contributed by atoms with E-state index in [9.17, 15) is 4.79 Å². The number of halogens is 1. The lowest BCUT2D eigenvalue weighted by Crippen LogP contribution is -2.43. The van der Waals surface area contributed by atoms with Gasteiger partial charge in [0.15, 0.2) is 8.32 Å². The van der Waals surface area contributed by atoms with Crippen LogP contribution in [0.5, 0.6) is 0 Å². The Morgan fingerprint density at radius 2 is 2.00 bits per heavy atom. The predicted molar refractivity (Wildman–Crippen MR) is 77.5 cm³/mol. The van der Waals surface area contributed by atoms with Crippen LogP contribution in [0.2, 0.25) is 18.1 Å². The molecule has 0 bridgehead atoms. The molecular weight excluding hydrogens is 335 g/mol. The molecular formula is C11H21IO3Si. The van der Waals surface area contributed by atoms with Gasteiger partial charge in [-0.2, -0.15) is 0 Å². The minimum absolute atomic E-state index is 0.0337. The van der Waals surface area contributed by atoms with Gasteiger partial charge in [0.2, 0.25) is 0 Å². The Hall–Kier alpha value is 0.117. The van der Waals surface area contributed by atoms with Crippen LogP contribution in [-0.4, -0.2) is 25.5 Å². The molecule has 0 aromatic heterocycles. The third-order valence-corrected chi connectivity index (χ3v) is 7.83. The Balaban J connectivity index is 4.68. The zero-order valence-electron chi connectivity index (χ0n) is 10.6. The first-order valence-corrected chi connectivity index (χ1v) is 9.42. The van der Waals surface area contributed by atoms with Gasteiger partial charge in [0, 0.05) is 0 Å². The molecule has 94 valence electrons. The minimum Gasteiger partial charge on any atom is -0.481 e. The Labute approximate surface area is 113 Å². The molecule has 0 saturated heterocycles. The lowest BCUT2D eigenvalue weighted by Gasteiger charge is -2.38. The van der Waals surface area contributed by atoms with E-state index in [4.69, 9.17) is 9.53 Å². The molecule has 0 aliphatic rings. The van der Waals surface area contributed by atoms with Gasteiger partial charge < -0.3 is 9.53 Å². The fourth-order valence-electron chi connectivity index (χ4n) is 0.957. The van der Waals surface area contributed by atoms with E-state index < -0.39 is 14.3 Å². The highest BCUT2D eigenvalue weighted by atomic mass is 127. The largest absolute Gasteiger partial charge is 0.481 e. The summed E-state index contributed by atoms with van der Waals surface area (Å²) in [5.41, 5.74) is 0. The first kappa shape index (κ1) is 16.1. The standard InChI is InChI=1S/C11H21IO3Si/c1-11(2,3)16(4,5)15-9(6-7-12)8-10(13)14/h6-7,9H,8H2,1-5H3,(H,13,14)/b7-6-/t9-/m1/s1. The van der Waals surface area contributed by atoms with E-state index in [2.05, 4.69) is 56.5 Å². The average molecular weight is 356 g/mol. The third-order valence-electron chi connectivity index (χ3n) is 2.92. The molecule has 1 atom stereocenters. The van der Waals surface area contributed by atoms with E-state index >= 15 is 0 Å². The topological polar surface area (TPSA) is 46.5 Å². The zero-order valence-corrected chi connectivity index (χ0v) is 13.7. The first-order chi connectivity index (χ1) is 7.10. The van der Waals surface area contributed by atoms with Crippen LogP contribution in [0.4, 0.5) is 0 Å². The van der Waals surface area contributed by atoms with Gasteiger partial charge >= 0.3 is 5.97 Å². The molecule has 0 unspecified atom stereocenters. The van der Waals surface area contributed by atoms with Crippen molar-refractivity contribution in [3.05, 3.63) is 10.2 Å². The summed E-state index contributed by atoms with van der Waals surface area (Å²) in [5, 5.41) is 8.91. The molecule has 0 saturated carbocycles. The molecule has 0 aromatic carbocycles. The highest BCUT2D eigenvalue weighted by Gasteiger charge is 2.39. The number of hydrogen-bond donors (Lipinski definition) is 1. The van der Waals surface area contributed by atoms with Crippen LogP contribution in [0.15, 0.2) is 10.2 Å². The van der Waals surface area contributed by atoms with Crippen molar-refractivity contribution in [2.24, 2.45) is 0 Å². The van der Waals surface area contributed by atoms with E-state index in [1.165, 1.54) is 0 Å². The van der Waals surface area contributed by atoms with Crippen LogP contribution >= 0.6 is 22.6 Å². The van der Waals surface area contributed by atoms with Crippen molar-refractivity contribution in [2.45, 2.75) is 51.4 Å². The summed E-state index contributed by atoms with van der Waals surface area (Å²) in [7, 11) is -1.89. The van der Waals surface area contributed by atoms with Gasteiger partial charge in [0.05, 0.1) is 12.5 Å². The summed E-state index contributed by atoms with van der Waals surface area (Å²) in [5.74, 6) is -0.821. The summed E-state index contributed by atoms with van der Waals surface area (Å²) < 4.78 is 7.84. The Kier molecular flexibility index (Phi) is 6.20. The lowest BCUT2D eigenvalue weighted by molar-refractivity contribution is -0.138. The van der Waals surface area contributed by atoms with Gasteiger partial charge in [-0.25, -0.2) is 0 Å². The van der Waals surface area contributed by atoms with Crippen LogP contribution < -0.4 is 0 Å². The molecule has 0 rings (SSSR count). The number of hydrogen-bond acceptors (Lipinski definition) is 2. The van der Waals surface area contributed by atoms with Crippen molar-refractivity contribution in [3.8, 4) is 0 Å². The second kappa shape index (κ2) is 6.16. The van der Waals surface area contributed by atoms with Crippen LogP contribution in [0.25, 0.3) is 0 Å². The maximum Gasteiger partial charge on any atom is 0.306 e. The van der Waals surface area contributed by atoms with Gasteiger partial charge in [0.1, 0.15) is 0 Å². The van der Waals surface area contributed by atoms with Gasteiger partial charge in [-0.3, -0.25) is 4.79 Å². The number of aliphatic carboxylic acids is 1. The molecule has 0 aliphatic carbocycles. The molecule has 0 spiro atoms. The second-order valence-electron chi connectivity index (χ2n) is 5.33. The first-order valence-electron chi connectivity index (χ1n) is 5.26. The molecule has 0 amide bonds. The summed E-state index contributed by atoms with van der Waals surface area (Å²) >= 11 is 2.08. The Morgan fingerprint density at radius 1 is 1.50 bits per heavy atom. The van der Waals surface area contributed by atoms with E-state index in [0.717, 1.165) is 0 Å². The molecule has 1 N–H and O–H groups in total. The Bertz CT molecular complexity index is 269. The zero-order chi connectivity index (χ0) is 13.0. The third kappa shape index (κ3) is 5.45. The van der Waals surface area contributed by atoms with E-state index in [0.29, 0.717) is 0 Å². The molecule has 0 aliphatic heterocycles. The molecule has 0 aromatic rings.